The lowest BCUT2D eigenvalue weighted by Gasteiger charge is -2.09. The minimum atomic E-state index is -0.0181. The van der Waals surface area contributed by atoms with E-state index < -0.39 is 0 Å². The second kappa shape index (κ2) is 6.12. The molecule has 1 aliphatic rings. The summed E-state index contributed by atoms with van der Waals surface area (Å²) in [5.41, 5.74) is 4.81. The quantitative estimate of drug-likeness (QED) is 0.540. The molecule has 8 heteroatoms. The van der Waals surface area contributed by atoms with Gasteiger partial charge in [-0.25, -0.2) is 4.98 Å². The number of hydrogen-bond donors (Lipinski definition) is 1. The van der Waals surface area contributed by atoms with Gasteiger partial charge in [0.15, 0.2) is 11.6 Å². The van der Waals surface area contributed by atoms with E-state index in [2.05, 4.69) is 40.2 Å². The molecule has 0 saturated heterocycles. The fraction of sp³-hybridized carbons (Fsp3) is 0.312. The second-order valence-electron chi connectivity index (χ2n) is 5.61. The van der Waals surface area contributed by atoms with Gasteiger partial charge in [-0.1, -0.05) is 22.0 Å². The summed E-state index contributed by atoms with van der Waals surface area (Å²) in [6.07, 6.45) is 1.83. The van der Waals surface area contributed by atoms with E-state index in [1.807, 2.05) is 24.5 Å². The lowest BCUT2D eigenvalue weighted by Crippen LogP contribution is -2.09. The third-order valence-corrected chi connectivity index (χ3v) is 4.76. The van der Waals surface area contributed by atoms with Crippen molar-refractivity contribution in [2.24, 2.45) is 0 Å². The fourth-order valence-corrected chi connectivity index (χ4v) is 3.52. The number of benzene rings is 1. The van der Waals surface area contributed by atoms with Gasteiger partial charge in [-0.3, -0.25) is 0 Å². The Kier molecular flexibility index (Phi) is 3.95. The number of imidazole rings is 1. The molecule has 0 amide bonds. The van der Waals surface area contributed by atoms with Gasteiger partial charge in [-0.2, -0.15) is 0 Å². The molecule has 1 N–H and O–H groups in total. The van der Waals surface area contributed by atoms with Crippen molar-refractivity contribution < 1.29 is 9.84 Å². The largest absolute Gasteiger partial charge is 0.392 e. The number of ether oxygens (including phenoxy) is 1. The first-order valence-corrected chi connectivity index (χ1v) is 8.65. The number of halogens is 1. The Bertz CT molecular complexity index is 902. The normalized spacial score (nSPS) is 12.5. The number of alkyl halides is 1. The highest BCUT2D eigenvalue weighted by molar-refractivity contribution is 9.08. The molecule has 7 nitrogen and oxygen atoms in total. The maximum absolute atomic E-state index is 9.50. The zero-order valence-electron chi connectivity index (χ0n) is 13.1. The van der Waals surface area contributed by atoms with Gasteiger partial charge in [0.2, 0.25) is 0 Å². The molecular formula is C16H16BrN5O2. The second-order valence-corrected chi connectivity index (χ2v) is 6.17. The molecule has 1 aromatic carbocycles. The molecule has 3 heterocycles. The molecule has 0 saturated carbocycles. The summed E-state index contributed by atoms with van der Waals surface area (Å²) in [4.78, 5) is 4.51. The molecule has 0 fully saturated rings. The molecule has 2 aromatic heterocycles. The van der Waals surface area contributed by atoms with Crippen LogP contribution in [0.2, 0.25) is 0 Å². The molecule has 3 aromatic rings. The van der Waals surface area contributed by atoms with Crippen molar-refractivity contribution >= 4 is 15.9 Å². The third kappa shape index (κ3) is 2.29. The predicted octanol–water partition coefficient (Wildman–Crippen LogP) is 2.03. The van der Waals surface area contributed by atoms with Gasteiger partial charge in [-0.15, -0.1) is 10.2 Å². The van der Waals surface area contributed by atoms with E-state index in [1.165, 1.54) is 0 Å². The van der Waals surface area contributed by atoms with E-state index in [-0.39, 0.29) is 6.61 Å². The summed E-state index contributed by atoms with van der Waals surface area (Å²) in [5.74, 6) is 1.54. The molecule has 4 rings (SSSR count). The van der Waals surface area contributed by atoms with Crippen LogP contribution in [0.5, 0.6) is 0 Å². The van der Waals surface area contributed by atoms with Crippen molar-refractivity contribution in [2.75, 3.05) is 7.11 Å². The van der Waals surface area contributed by atoms with Crippen molar-refractivity contribution in [2.45, 2.75) is 25.1 Å². The standard InChI is InChI=1S/C16H16BrN5O2/c1-24-8-15-19-20-16-11-4-10(7-23)2-3-13(11)22-9-18-12(5-17)14(22)6-21(15)16/h2-4,9,23H,5-8H2,1H3. The minimum absolute atomic E-state index is 0.0181. The van der Waals surface area contributed by atoms with E-state index in [0.717, 1.165) is 39.9 Å². The molecule has 24 heavy (non-hydrogen) atoms. The zero-order chi connectivity index (χ0) is 16.7. The van der Waals surface area contributed by atoms with Crippen LogP contribution in [0.25, 0.3) is 17.1 Å². The fourth-order valence-electron chi connectivity index (χ4n) is 3.05. The van der Waals surface area contributed by atoms with Crippen LogP contribution in [-0.4, -0.2) is 36.5 Å². The Morgan fingerprint density at radius 1 is 1.33 bits per heavy atom. The first-order chi connectivity index (χ1) is 11.8. The molecule has 0 radical (unpaired) electrons. The van der Waals surface area contributed by atoms with Crippen LogP contribution in [-0.2, 0) is 29.8 Å². The Morgan fingerprint density at radius 3 is 2.96 bits per heavy atom. The van der Waals surface area contributed by atoms with Crippen LogP contribution in [0.4, 0.5) is 0 Å². The van der Waals surface area contributed by atoms with E-state index in [0.29, 0.717) is 18.5 Å². The van der Waals surface area contributed by atoms with E-state index in [9.17, 15) is 5.11 Å². The highest BCUT2D eigenvalue weighted by Crippen LogP contribution is 2.33. The predicted molar refractivity (Wildman–Crippen MR) is 90.9 cm³/mol. The number of nitrogens with zero attached hydrogens (tertiary/aromatic N) is 5. The Hall–Kier alpha value is -2.03. The average Bonchev–Trinajstić information content (AvgIpc) is 3.16. The molecular weight excluding hydrogens is 374 g/mol. The van der Waals surface area contributed by atoms with Crippen LogP contribution in [0, 0.1) is 0 Å². The van der Waals surface area contributed by atoms with Crippen LogP contribution < -0.4 is 0 Å². The first kappa shape index (κ1) is 15.5. The van der Waals surface area contributed by atoms with Crippen LogP contribution in [0.15, 0.2) is 24.5 Å². The number of aromatic nitrogens is 5. The van der Waals surface area contributed by atoms with Crippen molar-refractivity contribution in [1.82, 2.24) is 24.3 Å². The Balaban J connectivity index is 2.01. The summed E-state index contributed by atoms with van der Waals surface area (Å²) >= 11 is 3.51. The monoisotopic (exact) mass is 389 g/mol. The third-order valence-electron chi connectivity index (χ3n) is 4.23. The first-order valence-electron chi connectivity index (χ1n) is 7.53. The lowest BCUT2D eigenvalue weighted by molar-refractivity contribution is 0.174. The van der Waals surface area contributed by atoms with Gasteiger partial charge in [0.1, 0.15) is 6.61 Å². The minimum Gasteiger partial charge on any atom is -0.392 e. The summed E-state index contributed by atoms with van der Waals surface area (Å²) in [6.45, 7) is 0.987. The highest BCUT2D eigenvalue weighted by atomic mass is 79.9. The number of aliphatic hydroxyl groups excluding tert-OH is 1. The van der Waals surface area contributed by atoms with Crippen molar-refractivity contribution in [1.29, 1.82) is 0 Å². The van der Waals surface area contributed by atoms with Crippen LogP contribution in [0.3, 0.4) is 0 Å². The van der Waals surface area contributed by atoms with E-state index in [1.54, 1.807) is 7.11 Å². The van der Waals surface area contributed by atoms with Gasteiger partial charge >= 0.3 is 0 Å². The lowest BCUT2D eigenvalue weighted by atomic mass is 10.1. The van der Waals surface area contributed by atoms with Gasteiger partial charge in [-0.05, 0) is 17.7 Å². The Morgan fingerprint density at radius 2 is 2.21 bits per heavy atom. The average molecular weight is 390 g/mol. The number of methoxy groups -OCH3 is 1. The molecule has 0 atom stereocenters. The highest BCUT2D eigenvalue weighted by Gasteiger charge is 2.25. The van der Waals surface area contributed by atoms with E-state index >= 15 is 0 Å². The summed E-state index contributed by atoms with van der Waals surface area (Å²) in [6, 6.07) is 5.86. The SMILES string of the molecule is COCc1nnc2n1Cc1c(CBr)ncn1-c1ccc(CO)cc1-2. The number of rotatable bonds is 4. The molecule has 0 bridgehead atoms. The molecule has 0 spiro atoms. The molecule has 0 unspecified atom stereocenters. The van der Waals surface area contributed by atoms with Gasteiger partial charge in [0, 0.05) is 18.0 Å². The maximum Gasteiger partial charge on any atom is 0.166 e. The Labute approximate surface area is 147 Å². The summed E-state index contributed by atoms with van der Waals surface area (Å²) < 4.78 is 9.39. The topological polar surface area (TPSA) is 78.0 Å². The van der Waals surface area contributed by atoms with Gasteiger partial charge in [0.05, 0.1) is 36.6 Å². The summed E-state index contributed by atoms with van der Waals surface area (Å²) in [5, 5.41) is 18.8. The molecule has 1 aliphatic heterocycles. The number of aliphatic hydroxyl groups is 1. The molecule has 124 valence electrons. The smallest absolute Gasteiger partial charge is 0.166 e. The maximum atomic E-state index is 9.50. The number of hydrogen-bond acceptors (Lipinski definition) is 5. The van der Waals surface area contributed by atoms with Crippen molar-refractivity contribution in [3.63, 3.8) is 0 Å². The van der Waals surface area contributed by atoms with Gasteiger partial charge < -0.3 is 19.0 Å². The number of fused-ring (bicyclic) bond motifs is 5. The van der Waals surface area contributed by atoms with Crippen LogP contribution in [0.1, 0.15) is 22.8 Å². The van der Waals surface area contributed by atoms with Gasteiger partial charge in [0.25, 0.3) is 0 Å². The van der Waals surface area contributed by atoms with E-state index in [4.69, 9.17) is 4.74 Å². The van der Waals surface area contributed by atoms with Crippen LogP contribution >= 0.6 is 15.9 Å². The van der Waals surface area contributed by atoms with Crippen molar-refractivity contribution in [3.05, 3.63) is 47.3 Å². The van der Waals surface area contributed by atoms with Crippen molar-refractivity contribution in [3.8, 4) is 17.1 Å². The zero-order valence-corrected chi connectivity index (χ0v) is 14.7. The summed E-state index contributed by atoms with van der Waals surface area (Å²) in [7, 11) is 1.64. The molecule has 0 aliphatic carbocycles.